The number of carbonyl (C=O) groups is 3. The number of anilines is 1. The minimum atomic E-state index is -0.371. The SMILES string of the molecule is CCOC(=O)N1CCN(C(=O)c2ccc3c(c2)N(Cc2ccc(F)cc2)C(=O)C(=Cc2ccccc2)S3)CC1. The first-order valence-electron chi connectivity index (χ1n) is 12.8. The third-order valence-corrected chi connectivity index (χ3v) is 7.69. The zero-order chi connectivity index (χ0) is 27.4. The number of halogens is 1. The first kappa shape index (κ1) is 26.5. The maximum atomic E-state index is 13.7. The molecule has 7 nitrogen and oxygen atoms in total. The lowest BCUT2D eigenvalue weighted by atomic mass is 10.1. The second-order valence-corrected chi connectivity index (χ2v) is 10.3. The summed E-state index contributed by atoms with van der Waals surface area (Å²) in [5.41, 5.74) is 2.78. The molecule has 1 saturated heterocycles. The van der Waals surface area contributed by atoms with Crippen LogP contribution < -0.4 is 4.90 Å². The summed E-state index contributed by atoms with van der Waals surface area (Å²) >= 11 is 1.37. The lowest BCUT2D eigenvalue weighted by molar-refractivity contribution is -0.114. The zero-order valence-electron chi connectivity index (χ0n) is 21.5. The van der Waals surface area contributed by atoms with Crippen LogP contribution in [0.4, 0.5) is 14.9 Å². The quantitative estimate of drug-likeness (QED) is 0.401. The van der Waals surface area contributed by atoms with Gasteiger partial charge in [0.1, 0.15) is 5.82 Å². The van der Waals surface area contributed by atoms with Crippen molar-refractivity contribution in [1.29, 1.82) is 0 Å². The molecule has 0 saturated carbocycles. The van der Waals surface area contributed by atoms with Crippen LogP contribution in [0.25, 0.3) is 6.08 Å². The molecular formula is C30H28FN3O4S. The van der Waals surface area contributed by atoms with Crippen LogP contribution in [-0.2, 0) is 16.1 Å². The molecule has 2 aliphatic rings. The van der Waals surface area contributed by atoms with Crippen molar-refractivity contribution < 1.29 is 23.5 Å². The molecular weight excluding hydrogens is 517 g/mol. The van der Waals surface area contributed by atoms with Gasteiger partial charge in [-0.2, -0.15) is 0 Å². The molecule has 3 amide bonds. The Morgan fingerprint density at radius 2 is 1.64 bits per heavy atom. The molecule has 0 N–H and O–H groups in total. The van der Waals surface area contributed by atoms with Crippen molar-refractivity contribution in [1.82, 2.24) is 9.80 Å². The summed E-state index contributed by atoms with van der Waals surface area (Å²) < 4.78 is 18.6. The predicted molar refractivity (Wildman–Crippen MR) is 149 cm³/mol. The molecule has 39 heavy (non-hydrogen) atoms. The fourth-order valence-corrected chi connectivity index (χ4v) is 5.60. The van der Waals surface area contributed by atoms with Crippen LogP contribution in [-0.4, -0.2) is 60.5 Å². The van der Waals surface area contributed by atoms with Gasteiger partial charge in [0.2, 0.25) is 0 Å². The fourth-order valence-electron chi connectivity index (χ4n) is 4.56. The highest BCUT2D eigenvalue weighted by molar-refractivity contribution is 8.04. The number of hydrogen-bond acceptors (Lipinski definition) is 5. The van der Waals surface area contributed by atoms with E-state index in [1.807, 2.05) is 42.5 Å². The number of hydrogen-bond donors (Lipinski definition) is 0. The first-order valence-corrected chi connectivity index (χ1v) is 13.6. The van der Waals surface area contributed by atoms with E-state index in [4.69, 9.17) is 4.74 Å². The Morgan fingerprint density at radius 3 is 2.33 bits per heavy atom. The molecule has 0 aromatic heterocycles. The van der Waals surface area contributed by atoms with Gasteiger partial charge in [-0.05, 0) is 54.5 Å². The van der Waals surface area contributed by atoms with E-state index in [1.165, 1.54) is 23.9 Å². The number of nitrogens with zero attached hydrogens (tertiary/aromatic N) is 3. The van der Waals surface area contributed by atoms with Crippen molar-refractivity contribution in [2.45, 2.75) is 18.4 Å². The summed E-state index contributed by atoms with van der Waals surface area (Å²) in [5.74, 6) is -0.695. The number of rotatable bonds is 5. The van der Waals surface area contributed by atoms with Gasteiger partial charge in [0.25, 0.3) is 11.8 Å². The van der Waals surface area contributed by atoms with Gasteiger partial charge >= 0.3 is 6.09 Å². The van der Waals surface area contributed by atoms with Gasteiger partial charge in [0, 0.05) is 36.6 Å². The lowest BCUT2D eigenvalue weighted by Crippen LogP contribution is -2.50. The average molecular weight is 546 g/mol. The van der Waals surface area contributed by atoms with Crippen LogP contribution in [0.15, 0.2) is 82.6 Å². The van der Waals surface area contributed by atoms with Gasteiger partial charge in [-0.3, -0.25) is 9.59 Å². The molecule has 3 aromatic rings. The summed E-state index contributed by atoms with van der Waals surface area (Å²) in [6.45, 7) is 3.88. The van der Waals surface area contributed by atoms with Crippen molar-refractivity contribution in [3.63, 3.8) is 0 Å². The normalized spacial score (nSPS) is 16.3. The zero-order valence-corrected chi connectivity index (χ0v) is 22.3. The molecule has 2 aliphatic heterocycles. The molecule has 200 valence electrons. The van der Waals surface area contributed by atoms with Gasteiger partial charge in [0.15, 0.2) is 0 Å². The van der Waals surface area contributed by atoms with Crippen LogP contribution in [0, 0.1) is 5.82 Å². The highest BCUT2D eigenvalue weighted by Gasteiger charge is 2.31. The van der Waals surface area contributed by atoms with E-state index >= 15 is 0 Å². The van der Waals surface area contributed by atoms with Crippen molar-refractivity contribution in [2.24, 2.45) is 0 Å². The van der Waals surface area contributed by atoms with E-state index in [1.54, 1.807) is 45.9 Å². The number of thioether (sulfide) groups is 1. The van der Waals surface area contributed by atoms with E-state index in [-0.39, 0.29) is 30.3 Å². The smallest absolute Gasteiger partial charge is 0.409 e. The average Bonchev–Trinajstić information content (AvgIpc) is 2.96. The Balaban J connectivity index is 1.42. The fraction of sp³-hybridized carbons (Fsp3) is 0.233. The van der Waals surface area contributed by atoms with Crippen molar-refractivity contribution in [3.8, 4) is 0 Å². The van der Waals surface area contributed by atoms with Crippen LogP contribution in [0.3, 0.4) is 0 Å². The largest absolute Gasteiger partial charge is 0.450 e. The molecule has 0 atom stereocenters. The molecule has 1 fully saturated rings. The predicted octanol–water partition coefficient (Wildman–Crippen LogP) is 5.42. The van der Waals surface area contributed by atoms with E-state index in [2.05, 4.69) is 0 Å². The summed E-state index contributed by atoms with van der Waals surface area (Å²) in [6, 6.07) is 21.1. The van der Waals surface area contributed by atoms with E-state index in [0.717, 1.165) is 16.0 Å². The summed E-state index contributed by atoms with van der Waals surface area (Å²) in [4.78, 5) is 45.5. The summed E-state index contributed by atoms with van der Waals surface area (Å²) in [5, 5.41) is 0. The van der Waals surface area contributed by atoms with Crippen LogP contribution in [0.5, 0.6) is 0 Å². The van der Waals surface area contributed by atoms with Gasteiger partial charge in [0.05, 0.1) is 23.7 Å². The third kappa shape index (κ3) is 5.98. The van der Waals surface area contributed by atoms with E-state index in [9.17, 15) is 18.8 Å². The standard InChI is InChI=1S/C30H28FN3O4S/c1-2-38-30(37)33-16-14-32(15-17-33)28(35)23-10-13-26-25(19-23)34(20-22-8-11-24(31)12-9-22)29(36)27(39-26)18-21-6-4-3-5-7-21/h3-13,18-19H,2,14-17,20H2,1H3. The third-order valence-electron chi connectivity index (χ3n) is 6.62. The number of fused-ring (bicyclic) bond motifs is 1. The second kappa shape index (κ2) is 11.7. The number of piperazine rings is 1. The molecule has 0 unspecified atom stereocenters. The maximum absolute atomic E-state index is 13.7. The van der Waals surface area contributed by atoms with Crippen LogP contribution in [0.1, 0.15) is 28.4 Å². The number of benzene rings is 3. The Kier molecular flexibility index (Phi) is 7.97. The molecule has 0 aliphatic carbocycles. The highest BCUT2D eigenvalue weighted by Crippen LogP contribution is 2.43. The van der Waals surface area contributed by atoms with E-state index < -0.39 is 0 Å². The van der Waals surface area contributed by atoms with Gasteiger partial charge in [-0.25, -0.2) is 9.18 Å². The van der Waals surface area contributed by atoms with Crippen molar-refractivity contribution in [2.75, 3.05) is 37.7 Å². The minimum absolute atomic E-state index is 0.161. The van der Waals surface area contributed by atoms with Gasteiger partial charge in [-0.15, -0.1) is 0 Å². The first-order chi connectivity index (χ1) is 18.9. The van der Waals surface area contributed by atoms with E-state index in [0.29, 0.717) is 48.9 Å². The molecule has 5 rings (SSSR count). The van der Waals surface area contributed by atoms with Crippen molar-refractivity contribution in [3.05, 3.63) is 100 Å². The molecule has 2 heterocycles. The van der Waals surface area contributed by atoms with Gasteiger partial charge in [-0.1, -0.05) is 54.2 Å². The van der Waals surface area contributed by atoms with Gasteiger partial charge < -0.3 is 19.4 Å². The number of ether oxygens (including phenoxy) is 1. The second-order valence-electron chi connectivity index (χ2n) is 9.20. The Hall–Kier alpha value is -4.11. The van der Waals surface area contributed by atoms with Crippen molar-refractivity contribution >= 4 is 41.4 Å². The Labute approximate surface area is 230 Å². The topological polar surface area (TPSA) is 70.2 Å². The molecule has 9 heteroatoms. The van der Waals surface area contributed by atoms with Crippen LogP contribution in [0.2, 0.25) is 0 Å². The lowest BCUT2D eigenvalue weighted by Gasteiger charge is -2.35. The van der Waals surface area contributed by atoms with Crippen LogP contribution >= 0.6 is 11.8 Å². The maximum Gasteiger partial charge on any atom is 0.409 e. The Morgan fingerprint density at radius 1 is 0.949 bits per heavy atom. The number of amides is 3. The molecule has 3 aromatic carbocycles. The molecule has 0 bridgehead atoms. The summed E-state index contributed by atoms with van der Waals surface area (Å²) in [6.07, 6.45) is 1.49. The molecule has 0 spiro atoms. The summed E-state index contributed by atoms with van der Waals surface area (Å²) in [7, 11) is 0. The molecule has 0 radical (unpaired) electrons. The minimum Gasteiger partial charge on any atom is -0.450 e. The number of carbonyl (C=O) groups excluding carboxylic acids is 3. The highest BCUT2D eigenvalue weighted by atomic mass is 32.2. The monoisotopic (exact) mass is 545 g/mol. The Bertz CT molecular complexity index is 1400.